The van der Waals surface area contributed by atoms with Crippen molar-refractivity contribution in [1.29, 1.82) is 0 Å². The number of aliphatic hydroxyl groups is 2. The fraction of sp³-hybridized carbons (Fsp3) is 0.429. The summed E-state index contributed by atoms with van der Waals surface area (Å²) in [7, 11) is 2.80. The molecule has 2 aromatic carbocycles. The number of aliphatic carboxylic acids is 2. The molecule has 2 aromatic rings. The summed E-state index contributed by atoms with van der Waals surface area (Å²) < 4.78 is 0. The topological polar surface area (TPSA) is 173 Å². The lowest BCUT2D eigenvalue weighted by molar-refractivity contribution is -0.147. The van der Waals surface area contributed by atoms with Crippen LogP contribution in [0.4, 0.5) is 0 Å². The van der Waals surface area contributed by atoms with Crippen LogP contribution in [0.15, 0.2) is 48.5 Å². The maximum absolute atomic E-state index is 12.9. The Hall–Kier alpha value is -3.06. The van der Waals surface area contributed by atoms with Crippen LogP contribution >= 0.6 is 21.6 Å². The molecule has 12 heteroatoms. The molecule has 0 fully saturated rings. The molecule has 40 heavy (non-hydrogen) atoms. The molecular weight excluding hydrogens is 556 g/mol. The number of aryl methyl sites for hydroxylation is 2. The van der Waals surface area contributed by atoms with Crippen molar-refractivity contribution in [3.8, 4) is 0 Å². The third kappa shape index (κ3) is 11.2. The lowest BCUT2D eigenvalue weighted by Gasteiger charge is -2.20. The summed E-state index contributed by atoms with van der Waals surface area (Å²) in [4.78, 5) is 47.7. The minimum absolute atomic E-state index is 0.366. The molecule has 6 N–H and O–H groups in total. The summed E-state index contributed by atoms with van der Waals surface area (Å²) in [5.74, 6) is -3.91. The highest BCUT2D eigenvalue weighted by atomic mass is 33.1. The molecule has 0 radical (unpaired) electrons. The minimum atomic E-state index is -1.70. The highest BCUT2D eigenvalue weighted by molar-refractivity contribution is 8.76. The van der Waals surface area contributed by atoms with Gasteiger partial charge in [-0.3, -0.25) is 9.59 Å². The third-order valence-corrected chi connectivity index (χ3v) is 8.89. The molecule has 10 nitrogen and oxygen atoms in total. The Morgan fingerprint density at radius 1 is 0.675 bits per heavy atom. The van der Waals surface area contributed by atoms with Crippen molar-refractivity contribution in [2.24, 2.45) is 11.8 Å². The Labute approximate surface area is 241 Å². The smallest absolute Gasteiger partial charge is 0.334 e. The zero-order valence-corrected chi connectivity index (χ0v) is 24.0. The number of carboxylic acid groups (broad SMARTS) is 2. The highest BCUT2D eigenvalue weighted by Crippen LogP contribution is 2.30. The van der Waals surface area contributed by atoms with Crippen molar-refractivity contribution in [2.45, 2.75) is 38.9 Å². The summed E-state index contributed by atoms with van der Waals surface area (Å²) in [6.45, 7) is 3.07. The summed E-state index contributed by atoms with van der Waals surface area (Å²) in [5, 5.41) is 42.0. The molecule has 0 aromatic heterocycles. The maximum atomic E-state index is 12.9. The fourth-order valence-corrected chi connectivity index (χ4v) is 6.40. The number of aliphatic hydroxyl groups excluding tert-OH is 2. The first-order valence-corrected chi connectivity index (χ1v) is 15.2. The van der Waals surface area contributed by atoms with Crippen LogP contribution in [-0.4, -0.2) is 81.0 Å². The number of rotatable bonds is 17. The molecule has 0 aliphatic heterocycles. The lowest BCUT2D eigenvalue weighted by Crippen LogP contribution is -2.41. The van der Waals surface area contributed by atoms with Gasteiger partial charge < -0.3 is 31.1 Å². The van der Waals surface area contributed by atoms with Crippen molar-refractivity contribution in [1.82, 2.24) is 10.6 Å². The molecule has 0 bridgehead atoms. The first-order valence-electron chi connectivity index (χ1n) is 12.7. The largest absolute Gasteiger partial charge is 0.479 e. The monoisotopic (exact) mass is 592 g/mol. The Kier molecular flexibility index (Phi) is 14.0. The van der Waals surface area contributed by atoms with Crippen LogP contribution in [0, 0.1) is 25.7 Å². The van der Waals surface area contributed by atoms with E-state index in [4.69, 9.17) is 10.2 Å². The third-order valence-electron chi connectivity index (χ3n) is 6.33. The van der Waals surface area contributed by atoms with Crippen molar-refractivity contribution in [3.05, 3.63) is 70.8 Å². The van der Waals surface area contributed by atoms with Gasteiger partial charge in [0.25, 0.3) is 0 Å². The average Bonchev–Trinajstić information content (AvgIpc) is 2.92. The van der Waals surface area contributed by atoms with Gasteiger partial charge in [0.15, 0.2) is 12.2 Å². The van der Waals surface area contributed by atoms with Crippen LogP contribution in [0.25, 0.3) is 0 Å². The normalized spacial score (nSPS) is 14.0. The standard InChI is InChI=1S/C28H36N2O8S2/c1-17-7-3-5-9-19(17)11-21(25(33)29-13-23(31)27(35)36)15-39-40-16-22(12-20-10-6-4-8-18(20)2)26(34)30-14-24(32)28(37)38/h3-10,21-24,31-32H,11-16H2,1-2H3,(H,29,33)(H,30,34)(H,35,36)(H,37,38)/t21-,22-,23+,24?/m1/s1. The van der Waals surface area contributed by atoms with Gasteiger partial charge in [-0.1, -0.05) is 70.1 Å². The Balaban J connectivity index is 2.06. The average molecular weight is 593 g/mol. The number of carboxylic acids is 2. The summed E-state index contributed by atoms with van der Waals surface area (Å²) >= 11 is 0. The molecule has 1 unspecified atom stereocenters. The quantitative estimate of drug-likeness (QED) is 0.118. The number of hydrogen-bond acceptors (Lipinski definition) is 8. The van der Waals surface area contributed by atoms with E-state index in [1.54, 1.807) is 0 Å². The van der Waals surface area contributed by atoms with Gasteiger partial charge in [-0.05, 0) is 48.9 Å². The summed E-state index contributed by atoms with van der Waals surface area (Å²) in [6, 6.07) is 15.3. The van der Waals surface area contributed by atoms with Crippen LogP contribution in [0.3, 0.4) is 0 Å². The number of benzene rings is 2. The van der Waals surface area contributed by atoms with Gasteiger partial charge in [0.05, 0.1) is 24.9 Å². The van der Waals surface area contributed by atoms with E-state index in [9.17, 15) is 29.4 Å². The van der Waals surface area contributed by atoms with Gasteiger partial charge in [0.2, 0.25) is 11.8 Å². The Bertz CT molecular complexity index is 1070. The molecule has 0 aliphatic carbocycles. The second-order valence-electron chi connectivity index (χ2n) is 9.42. The number of amides is 2. The first kappa shape index (κ1) is 33.1. The van der Waals surface area contributed by atoms with Crippen molar-refractivity contribution < 1.29 is 39.6 Å². The van der Waals surface area contributed by atoms with Gasteiger partial charge >= 0.3 is 11.9 Å². The Morgan fingerprint density at radius 2 is 1.02 bits per heavy atom. The molecule has 0 aliphatic rings. The zero-order chi connectivity index (χ0) is 29.7. The molecule has 0 saturated carbocycles. The SMILES string of the molecule is Cc1ccccc1C[C@H](CSSC[C@@H](Cc1ccccc1C)C(=O)NC[C@H](O)C(=O)O)C(=O)NCC(O)C(=O)O. The molecule has 0 heterocycles. The van der Waals surface area contributed by atoms with E-state index in [1.165, 1.54) is 21.6 Å². The molecular formula is C28H36N2O8S2. The van der Waals surface area contributed by atoms with Crippen LogP contribution in [0.1, 0.15) is 22.3 Å². The van der Waals surface area contributed by atoms with Crippen LogP contribution < -0.4 is 10.6 Å². The number of carbonyl (C=O) groups excluding carboxylic acids is 2. The van der Waals surface area contributed by atoms with E-state index in [0.717, 1.165) is 22.3 Å². The number of nitrogens with one attached hydrogen (secondary N) is 2. The fourth-order valence-electron chi connectivity index (χ4n) is 3.78. The molecule has 4 atom stereocenters. The van der Waals surface area contributed by atoms with Crippen LogP contribution in [0.2, 0.25) is 0 Å². The maximum Gasteiger partial charge on any atom is 0.334 e. The van der Waals surface area contributed by atoms with E-state index in [0.29, 0.717) is 24.3 Å². The van der Waals surface area contributed by atoms with Crippen LogP contribution in [-0.2, 0) is 32.0 Å². The van der Waals surface area contributed by atoms with Gasteiger partial charge in [0.1, 0.15) is 0 Å². The lowest BCUT2D eigenvalue weighted by atomic mass is 9.96. The second-order valence-corrected chi connectivity index (χ2v) is 12.0. The van der Waals surface area contributed by atoms with Crippen LogP contribution in [0.5, 0.6) is 0 Å². The molecule has 2 amide bonds. The van der Waals surface area contributed by atoms with Gasteiger partial charge in [-0.25, -0.2) is 9.59 Å². The van der Waals surface area contributed by atoms with Gasteiger partial charge in [0, 0.05) is 11.5 Å². The summed E-state index contributed by atoms with van der Waals surface area (Å²) in [6.07, 6.45) is -2.58. The Morgan fingerprint density at radius 3 is 1.35 bits per heavy atom. The van der Waals surface area contributed by atoms with E-state index in [2.05, 4.69) is 10.6 Å². The highest BCUT2D eigenvalue weighted by Gasteiger charge is 2.25. The first-order chi connectivity index (χ1) is 19.0. The van der Waals surface area contributed by atoms with E-state index >= 15 is 0 Å². The van der Waals surface area contributed by atoms with Crippen molar-refractivity contribution >= 4 is 45.3 Å². The van der Waals surface area contributed by atoms with Crippen molar-refractivity contribution in [3.63, 3.8) is 0 Å². The van der Waals surface area contributed by atoms with Gasteiger partial charge in [-0.15, -0.1) is 0 Å². The minimum Gasteiger partial charge on any atom is -0.479 e. The summed E-state index contributed by atoms with van der Waals surface area (Å²) in [5.41, 5.74) is 3.98. The van der Waals surface area contributed by atoms with E-state index in [1.807, 2.05) is 62.4 Å². The van der Waals surface area contributed by atoms with E-state index in [-0.39, 0.29) is 11.8 Å². The molecule has 218 valence electrons. The second kappa shape index (κ2) is 16.9. The number of hydrogen-bond donors (Lipinski definition) is 6. The predicted molar refractivity (Wildman–Crippen MR) is 155 cm³/mol. The molecule has 0 spiro atoms. The molecule has 2 rings (SSSR count). The molecule has 0 saturated heterocycles. The predicted octanol–water partition coefficient (Wildman–Crippen LogP) is 1.83. The van der Waals surface area contributed by atoms with E-state index < -0.39 is 49.1 Å². The van der Waals surface area contributed by atoms with Gasteiger partial charge in [-0.2, -0.15) is 0 Å². The van der Waals surface area contributed by atoms with Crippen molar-refractivity contribution in [2.75, 3.05) is 24.6 Å². The number of carbonyl (C=O) groups is 4. The zero-order valence-electron chi connectivity index (χ0n) is 22.4.